The summed E-state index contributed by atoms with van der Waals surface area (Å²) in [7, 11) is 0. The number of nitrogens with zero attached hydrogens (tertiary/aromatic N) is 2. The molecule has 1 aromatic carbocycles. The van der Waals surface area contributed by atoms with Gasteiger partial charge in [-0.3, -0.25) is 4.79 Å². The predicted molar refractivity (Wildman–Crippen MR) is 92.5 cm³/mol. The highest BCUT2D eigenvalue weighted by Gasteiger charge is 2.16. The van der Waals surface area contributed by atoms with E-state index < -0.39 is 0 Å². The molecule has 1 saturated heterocycles. The highest BCUT2D eigenvalue weighted by molar-refractivity contribution is 5.94. The molecule has 2 N–H and O–H groups in total. The van der Waals surface area contributed by atoms with Gasteiger partial charge in [0, 0.05) is 35.8 Å². The number of hydrogen-bond donors (Lipinski definition) is 2. The third-order valence-corrected chi connectivity index (χ3v) is 3.90. The third-order valence-electron chi connectivity index (χ3n) is 3.90. The minimum absolute atomic E-state index is 0.0836. The molecule has 0 spiro atoms. The van der Waals surface area contributed by atoms with Crippen LogP contribution in [0.5, 0.6) is 0 Å². The topological polar surface area (TPSA) is 76.1 Å². The summed E-state index contributed by atoms with van der Waals surface area (Å²) in [6.45, 7) is 5.22. The van der Waals surface area contributed by atoms with Gasteiger partial charge in [-0.2, -0.15) is 0 Å². The van der Waals surface area contributed by atoms with Gasteiger partial charge in [0.25, 0.3) is 5.91 Å². The summed E-state index contributed by atoms with van der Waals surface area (Å²) in [5.74, 6) is 0.475. The smallest absolute Gasteiger partial charge is 0.251 e. The monoisotopic (exact) mass is 326 g/mol. The molecule has 1 aliphatic heterocycles. The van der Waals surface area contributed by atoms with Crippen molar-refractivity contribution < 1.29 is 9.53 Å². The Kier molecular flexibility index (Phi) is 5.05. The average Bonchev–Trinajstić information content (AvgIpc) is 3.06. The summed E-state index contributed by atoms with van der Waals surface area (Å²) < 4.78 is 5.51. The molecule has 0 saturated carbocycles. The number of anilines is 2. The maximum absolute atomic E-state index is 12.1. The van der Waals surface area contributed by atoms with E-state index in [9.17, 15) is 4.79 Å². The largest absolute Gasteiger partial charge is 0.376 e. The molecule has 0 aliphatic carbocycles. The van der Waals surface area contributed by atoms with Gasteiger partial charge >= 0.3 is 0 Å². The zero-order chi connectivity index (χ0) is 16.9. The lowest BCUT2D eigenvalue weighted by molar-refractivity contribution is 0.0858. The summed E-state index contributed by atoms with van der Waals surface area (Å²) in [5.41, 5.74) is 3.29. The highest BCUT2D eigenvalue weighted by Crippen LogP contribution is 2.15. The van der Waals surface area contributed by atoms with Crippen molar-refractivity contribution in [2.24, 2.45) is 0 Å². The molecule has 1 fully saturated rings. The molecule has 0 unspecified atom stereocenters. The van der Waals surface area contributed by atoms with Crippen molar-refractivity contribution in [1.29, 1.82) is 0 Å². The normalized spacial score (nSPS) is 16.8. The molecule has 6 nitrogen and oxygen atoms in total. The van der Waals surface area contributed by atoms with Gasteiger partial charge in [0.2, 0.25) is 5.95 Å². The molecule has 2 aromatic rings. The standard InChI is InChI=1S/C18H22N4O2/c1-12-10-13(2)21-18(20-12)22-15-7-5-14(6-8-15)17(23)19-11-16-4-3-9-24-16/h5-8,10,16H,3-4,9,11H2,1-2H3,(H,19,23)(H,20,21,22)/t16-/m1/s1. The first kappa shape index (κ1) is 16.4. The van der Waals surface area contributed by atoms with Crippen molar-refractivity contribution in [3.05, 3.63) is 47.3 Å². The summed E-state index contributed by atoms with van der Waals surface area (Å²) >= 11 is 0. The van der Waals surface area contributed by atoms with Gasteiger partial charge in [-0.15, -0.1) is 0 Å². The fourth-order valence-corrected chi connectivity index (χ4v) is 2.73. The molecule has 0 bridgehead atoms. The van der Waals surface area contributed by atoms with E-state index in [-0.39, 0.29) is 12.0 Å². The molecule has 3 rings (SSSR count). The van der Waals surface area contributed by atoms with Gasteiger partial charge in [-0.25, -0.2) is 9.97 Å². The Morgan fingerprint density at radius 3 is 2.54 bits per heavy atom. The number of carbonyl (C=O) groups is 1. The highest BCUT2D eigenvalue weighted by atomic mass is 16.5. The van der Waals surface area contributed by atoms with Crippen molar-refractivity contribution in [3.8, 4) is 0 Å². The predicted octanol–water partition coefficient (Wildman–Crippen LogP) is 2.75. The molecule has 126 valence electrons. The summed E-state index contributed by atoms with van der Waals surface area (Å²) in [6.07, 6.45) is 2.23. The average molecular weight is 326 g/mol. The second-order valence-corrected chi connectivity index (χ2v) is 6.02. The minimum Gasteiger partial charge on any atom is -0.376 e. The van der Waals surface area contributed by atoms with Crippen LogP contribution in [0.4, 0.5) is 11.6 Å². The third kappa shape index (κ3) is 4.29. The number of hydrogen-bond acceptors (Lipinski definition) is 5. The van der Waals surface area contributed by atoms with Crippen LogP contribution in [0.2, 0.25) is 0 Å². The maximum Gasteiger partial charge on any atom is 0.251 e. The molecule has 1 atom stereocenters. The second-order valence-electron chi connectivity index (χ2n) is 6.02. The Bertz CT molecular complexity index is 689. The Hall–Kier alpha value is -2.47. The van der Waals surface area contributed by atoms with Gasteiger partial charge in [0.15, 0.2) is 0 Å². The van der Waals surface area contributed by atoms with Crippen LogP contribution in [0.3, 0.4) is 0 Å². The molecular formula is C18H22N4O2. The van der Waals surface area contributed by atoms with Crippen molar-refractivity contribution >= 4 is 17.5 Å². The van der Waals surface area contributed by atoms with E-state index in [0.717, 1.165) is 36.5 Å². The second kappa shape index (κ2) is 7.40. The van der Waals surface area contributed by atoms with E-state index in [1.807, 2.05) is 32.0 Å². The van der Waals surface area contributed by atoms with Crippen molar-refractivity contribution in [2.45, 2.75) is 32.8 Å². The number of amides is 1. The molecular weight excluding hydrogens is 304 g/mol. The van der Waals surface area contributed by atoms with Gasteiger partial charge in [-0.1, -0.05) is 0 Å². The first-order valence-electron chi connectivity index (χ1n) is 8.19. The lowest BCUT2D eigenvalue weighted by Crippen LogP contribution is -2.31. The van der Waals surface area contributed by atoms with Crippen LogP contribution < -0.4 is 10.6 Å². The number of aryl methyl sites for hydroxylation is 2. The Morgan fingerprint density at radius 1 is 1.21 bits per heavy atom. The van der Waals surface area contributed by atoms with Gasteiger partial charge in [-0.05, 0) is 57.0 Å². The van der Waals surface area contributed by atoms with E-state index in [0.29, 0.717) is 18.1 Å². The fraction of sp³-hybridized carbons (Fsp3) is 0.389. The summed E-state index contributed by atoms with van der Waals surface area (Å²) in [5, 5.41) is 6.07. The van der Waals surface area contributed by atoms with E-state index in [1.54, 1.807) is 12.1 Å². The molecule has 6 heteroatoms. The van der Waals surface area contributed by atoms with Gasteiger partial charge in [0.05, 0.1) is 6.10 Å². The lowest BCUT2D eigenvalue weighted by atomic mass is 10.2. The molecule has 1 aromatic heterocycles. The zero-order valence-corrected chi connectivity index (χ0v) is 14.0. The Balaban J connectivity index is 1.59. The van der Waals surface area contributed by atoms with Crippen LogP contribution in [0.15, 0.2) is 30.3 Å². The van der Waals surface area contributed by atoms with Crippen LogP contribution in [-0.4, -0.2) is 35.1 Å². The Labute approximate surface area is 141 Å². The van der Waals surface area contributed by atoms with E-state index in [1.165, 1.54) is 0 Å². The van der Waals surface area contributed by atoms with E-state index in [2.05, 4.69) is 20.6 Å². The van der Waals surface area contributed by atoms with Gasteiger partial charge in [0.1, 0.15) is 0 Å². The van der Waals surface area contributed by atoms with Crippen LogP contribution in [-0.2, 0) is 4.74 Å². The first-order chi connectivity index (χ1) is 11.6. The molecule has 1 aliphatic rings. The van der Waals surface area contributed by atoms with Gasteiger partial charge < -0.3 is 15.4 Å². The van der Waals surface area contributed by atoms with Crippen molar-refractivity contribution in [2.75, 3.05) is 18.5 Å². The number of ether oxygens (including phenoxy) is 1. The van der Waals surface area contributed by atoms with Crippen LogP contribution in [0.25, 0.3) is 0 Å². The number of carbonyl (C=O) groups excluding carboxylic acids is 1. The summed E-state index contributed by atoms with van der Waals surface area (Å²) in [6, 6.07) is 9.20. The minimum atomic E-state index is -0.0836. The molecule has 2 heterocycles. The SMILES string of the molecule is Cc1cc(C)nc(Nc2ccc(C(=O)NC[C@H]3CCCO3)cc2)n1. The van der Waals surface area contributed by atoms with Crippen molar-refractivity contribution in [1.82, 2.24) is 15.3 Å². The maximum atomic E-state index is 12.1. The van der Waals surface area contributed by atoms with Crippen LogP contribution in [0.1, 0.15) is 34.6 Å². The number of benzene rings is 1. The number of nitrogens with one attached hydrogen (secondary N) is 2. The number of rotatable bonds is 5. The lowest BCUT2D eigenvalue weighted by Gasteiger charge is -2.11. The quantitative estimate of drug-likeness (QED) is 0.883. The molecule has 1 amide bonds. The van der Waals surface area contributed by atoms with Crippen molar-refractivity contribution in [3.63, 3.8) is 0 Å². The molecule has 0 radical (unpaired) electrons. The fourth-order valence-electron chi connectivity index (χ4n) is 2.73. The van der Waals surface area contributed by atoms with E-state index in [4.69, 9.17) is 4.74 Å². The Morgan fingerprint density at radius 2 is 1.92 bits per heavy atom. The van der Waals surface area contributed by atoms with Crippen LogP contribution in [0, 0.1) is 13.8 Å². The summed E-state index contributed by atoms with van der Waals surface area (Å²) in [4.78, 5) is 20.8. The van der Waals surface area contributed by atoms with Crippen LogP contribution >= 0.6 is 0 Å². The molecule has 24 heavy (non-hydrogen) atoms. The zero-order valence-electron chi connectivity index (χ0n) is 14.0. The number of aromatic nitrogens is 2. The first-order valence-corrected chi connectivity index (χ1v) is 8.19. The van der Waals surface area contributed by atoms with E-state index >= 15 is 0 Å².